The van der Waals surface area contributed by atoms with Gasteiger partial charge in [0.1, 0.15) is 0 Å². The zero-order valence-corrected chi connectivity index (χ0v) is 19.4. The maximum absolute atomic E-state index is 13.3. The van der Waals surface area contributed by atoms with Gasteiger partial charge in [0.15, 0.2) is 0 Å². The van der Waals surface area contributed by atoms with Crippen LogP contribution in [0.2, 0.25) is 0 Å². The fraction of sp³-hybridized carbons (Fsp3) is 0.364. The number of ether oxygens (including phenoxy) is 1. The molecule has 0 aliphatic carbocycles. The smallest absolute Gasteiger partial charge is 0.321 e. The normalized spacial score (nSPS) is 16.8. The van der Waals surface area contributed by atoms with Gasteiger partial charge in [0.05, 0.1) is 23.7 Å². The number of carbonyl (C=O) groups excluding carboxylic acids is 2. The fourth-order valence-corrected chi connectivity index (χ4v) is 4.72. The Labute approximate surface area is 193 Å². The van der Waals surface area contributed by atoms with E-state index in [2.05, 4.69) is 10.6 Å². The van der Waals surface area contributed by atoms with Gasteiger partial charge < -0.3 is 20.3 Å². The van der Waals surface area contributed by atoms with Crippen molar-refractivity contribution in [2.75, 3.05) is 68.6 Å². The van der Waals surface area contributed by atoms with Crippen molar-refractivity contribution in [2.45, 2.75) is 4.90 Å². The average molecular weight is 474 g/mol. The molecule has 2 N–H and O–H groups in total. The molecule has 0 spiro atoms. The van der Waals surface area contributed by atoms with Crippen molar-refractivity contribution in [3.63, 3.8) is 0 Å². The number of morpholine rings is 1. The number of rotatable bonds is 6. The second-order valence-corrected chi connectivity index (χ2v) is 10.1. The fourth-order valence-electron chi connectivity index (χ4n) is 3.79. The largest absolute Gasteiger partial charge is 0.378 e. The third-order valence-electron chi connectivity index (χ3n) is 5.64. The number of hydrogen-bond donors (Lipinski definition) is 2. The van der Waals surface area contributed by atoms with Gasteiger partial charge in [0.2, 0.25) is 10.0 Å². The first-order valence-electron chi connectivity index (χ1n) is 10.6. The topological polar surface area (TPSA) is 111 Å². The summed E-state index contributed by atoms with van der Waals surface area (Å²) in [5, 5.41) is 5.60. The first kappa shape index (κ1) is 23.0. The summed E-state index contributed by atoms with van der Waals surface area (Å²) in [6, 6.07) is 11.4. The van der Waals surface area contributed by atoms with E-state index >= 15 is 0 Å². The lowest BCUT2D eigenvalue weighted by Gasteiger charge is -2.30. The summed E-state index contributed by atoms with van der Waals surface area (Å²) in [7, 11) is -0.804. The van der Waals surface area contributed by atoms with Crippen molar-refractivity contribution >= 4 is 39.0 Å². The Bertz CT molecular complexity index is 1140. The quantitative estimate of drug-likeness (QED) is 0.659. The molecule has 0 bridgehead atoms. The molecule has 0 saturated carbocycles. The van der Waals surface area contributed by atoms with Gasteiger partial charge in [0.25, 0.3) is 5.91 Å². The van der Waals surface area contributed by atoms with Crippen molar-refractivity contribution in [3.05, 3.63) is 48.0 Å². The predicted octanol–water partition coefficient (Wildman–Crippen LogP) is 1.56. The molecule has 2 aliphatic rings. The highest BCUT2D eigenvalue weighted by atomic mass is 32.2. The Morgan fingerprint density at radius 3 is 2.36 bits per heavy atom. The van der Waals surface area contributed by atoms with Crippen LogP contribution >= 0.6 is 0 Å². The number of sulfonamides is 1. The SMILES string of the molecule is CN(C)S(=O)(=O)c1ccc(N2CCOCC2)c(C(=O)Nc2ccc(N3CCNC3=O)cc2)c1. The van der Waals surface area contributed by atoms with Gasteiger partial charge in [0, 0.05) is 57.3 Å². The number of amides is 3. The summed E-state index contributed by atoms with van der Waals surface area (Å²) in [6.07, 6.45) is 0. The van der Waals surface area contributed by atoms with Crippen LogP contribution in [0.15, 0.2) is 47.4 Å². The summed E-state index contributed by atoms with van der Waals surface area (Å²) < 4.78 is 31.9. The molecule has 3 amide bonds. The third-order valence-corrected chi connectivity index (χ3v) is 7.45. The van der Waals surface area contributed by atoms with Crippen LogP contribution in [0.3, 0.4) is 0 Å². The van der Waals surface area contributed by atoms with E-state index in [-0.39, 0.29) is 16.5 Å². The lowest BCUT2D eigenvalue weighted by atomic mass is 10.1. The van der Waals surface area contributed by atoms with Crippen LogP contribution in [0.25, 0.3) is 0 Å². The number of nitrogens with one attached hydrogen (secondary N) is 2. The number of hydrogen-bond acceptors (Lipinski definition) is 6. The van der Waals surface area contributed by atoms with E-state index in [4.69, 9.17) is 4.74 Å². The van der Waals surface area contributed by atoms with E-state index < -0.39 is 15.9 Å². The minimum absolute atomic E-state index is 0.0463. The van der Waals surface area contributed by atoms with Crippen molar-refractivity contribution < 1.29 is 22.7 Å². The molecule has 2 saturated heterocycles. The van der Waals surface area contributed by atoms with E-state index in [1.165, 1.54) is 26.2 Å². The number of urea groups is 1. The van der Waals surface area contributed by atoms with Crippen LogP contribution in [0.4, 0.5) is 21.9 Å². The maximum Gasteiger partial charge on any atom is 0.321 e. The van der Waals surface area contributed by atoms with Crippen LogP contribution in [0.1, 0.15) is 10.4 Å². The molecule has 0 radical (unpaired) electrons. The van der Waals surface area contributed by atoms with Gasteiger partial charge >= 0.3 is 6.03 Å². The van der Waals surface area contributed by atoms with Gasteiger partial charge in [-0.1, -0.05) is 0 Å². The first-order chi connectivity index (χ1) is 15.8. The summed E-state index contributed by atoms with van der Waals surface area (Å²) in [4.78, 5) is 28.8. The Balaban J connectivity index is 1.62. The zero-order chi connectivity index (χ0) is 23.6. The van der Waals surface area contributed by atoms with Crippen molar-refractivity contribution in [3.8, 4) is 0 Å². The molecule has 11 heteroatoms. The van der Waals surface area contributed by atoms with Crippen LogP contribution in [0.5, 0.6) is 0 Å². The highest BCUT2D eigenvalue weighted by Gasteiger charge is 2.25. The minimum Gasteiger partial charge on any atom is -0.378 e. The molecule has 2 aromatic rings. The van der Waals surface area contributed by atoms with E-state index in [0.717, 1.165) is 9.99 Å². The van der Waals surface area contributed by atoms with Gasteiger partial charge in [-0.25, -0.2) is 17.5 Å². The molecule has 0 aromatic heterocycles. The minimum atomic E-state index is -3.71. The van der Waals surface area contributed by atoms with Crippen LogP contribution in [-0.2, 0) is 14.8 Å². The van der Waals surface area contributed by atoms with Crippen molar-refractivity contribution in [2.24, 2.45) is 0 Å². The van der Waals surface area contributed by atoms with E-state index in [0.29, 0.717) is 50.8 Å². The van der Waals surface area contributed by atoms with Crippen LogP contribution in [-0.4, -0.2) is 78.1 Å². The van der Waals surface area contributed by atoms with E-state index in [1.54, 1.807) is 35.2 Å². The molecular formula is C22H27N5O5S. The highest BCUT2D eigenvalue weighted by Crippen LogP contribution is 2.28. The van der Waals surface area contributed by atoms with Gasteiger partial charge in [-0.15, -0.1) is 0 Å². The first-order valence-corrected chi connectivity index (χ1v) is 12.1. The lowest BCUT2D eigenvalue weighted by molar-refractivity contribution is 0.102. The van der Waals surface area contributed by atoms with Crippen LogP contribution in [0, 0.1) is 0 Å². The number of benzene rings is 2. The molecule has 176 valence electrons. The monoisotopic (exact) mass is 473 g/mol. The standard InChI is InChI=1S/C22H27N5O5S/c1-25(2)33(30,31)18-7-8-20(26-11-13-32-14-12-26)19(15-18)21(28)24-16-3-5-17(6-4-16)27-10-9-23-22(27)29/h3-8,15H,9-14H2,1-2H3,(H,23,29)(H,24,28). The van der Waals surface area contributed by atoms with Crippen molar-refractivity contribution in [1.82, 2.24) is 9.62 Å². The summed E-state index contributed by atoms with van der Waals surface area (Å²) in [6.45, 7) is 3.45. The van der Waals surface area contributed by atoms with Gasteiger partial charge in [-0.05, 0) is 42.5 Å². The Morgan fingerprint density at radius 1 is 1.06 bits per heavy atom. The summed E-state index contributed by atoms with van der Waals surface area (Å²) in [5.41, 5.74) is 2.19. The molecule has 2 heterocycles. The molecule has 33 heavy (non-hydrogen) atoms. The Hall–Kier alpha value is -3.15. The Morgan fingerprint density at radius 2 is 1.76 bits per heavy atom. The Kier molecular flexibility index (Phi) is 6.54. The molecule has 0 atom stereocenters. The second kappa shape index (κ2) is 9.38. The molecule has 2 aliphatic heterocycles. The molecule has 2 aromatic carbocycles. The molecular weight excluding hydrogens is 446 g/mol. The van der Waals surface area contributed by atoms with Gasteiger partial charge in [-0.3, -0.25) is 9.69 Å². The number of carbonyl (C=O) groups is 2. The second-order valence-electron chi connectivity index (χ2n) is 7.95. The maximum atomic E-state index is 13.3. The highest BCUT2D eigenvalue weighted by molar-refractivity contribution is 7.89. The number of nitrogens with zero attached hydrogens (tertiary/aromatic N) is 3. The molecule has 10 nitrogen and oxygen atoms in total. The molecule has 2 fully saturated rings. The van der Waals surface area contributed by atoms with Gasteiger partial charge in [-0.2, -0.15) is 0 Å². The summed E-state index contributed by atoms with van der Waals surface area (Å²) in [5.74, 6) is -0.418. The average Bonchev–Trinajstić information content (AvgIpc) is 3.25. The van der Waals surface area contributed by atoms with Crippen LogP contribution < -0.4 is 20.4 Å². The lowest BCUT2D eigenvalue weighted by Crippen LogP contribution is -2.37. The zero-order valence-electron chi connectivity index (χ0n) is 18.6. The number of anilines is 3. The molecule has 0 unspecified atom stereocenters. The van der Waals surface area contributed by atoms with E-state index in [9.17, 15) is 18.0 Å². The third kappa shape index (κ3) is 4.80. The van der Waals surface area contributed by atoms with E-state index in [1.807, 2.05) is 4.90 Å². The predicted molar refractivity (Wildman–Crippen MR) is 125 cm³/mol. The van der Waals surface area contributed by atoms with Crippen molar-refractivity contribution in [1.29, 1.82) is 0 Å². The molecule has 4 rings (SSSR count). The summed E-state index contributed by atoms with van der Waals surface area (Å²) >= 11 is 0.